The summed E-state index contributed by atoms with van der Waals surface area (Å²) in [7, 11) is 0. The Hall–Kier alpha value is -1.06. The molecule has 22 heavy (non-hydrogen) atoms. The van der Waals surface area contributed by atoms with Gasteiger partial charge in [0.1, 0.15) is 0 Å². The quantitative estimate of drug-likeness (QED) is 0.723. The predicted molar refractivity (Wildman–Crippen MR) is 94.7 cm³/mol. The van der Waals surface area contributed by atoms with E-state index in [4.69, 9.17) is 0 Å². The number of hydrogen-bond donors (Lipinski definition) is 2. The Morgan fingerprint density at radius 2 is 2.05 bits per heavy atom. The average Bonchev–Trinajstić information content (AvgIpc) is 3.14. The molecule has 2 aliphatic rings. The highest BCUT2D eigenvalue weighted by Crippen LogP contribution is 2.26. The molecule has 0 bridgehead atoms. The summed E-state index contributed by atoms with van der Waals surface area (Å²) >= 11 is 0. The van der Waals surface area contributed by atoms with Crippen molar-refractivity contribution in [3.63, 3.8) is 0 Å². The smallest absolute Gasteiger partial charge is 0.0375 e. The maximum absolute atomic E-state index is 3.60. The van der Waals surface area contributed by atoms with Gasteiger partial charge in [0.2, 0.25) is 0 Å². The van der Waals surface area contributed by atoms with Gasteiger partial charge in [-0.2, -0.15) is 0 Å². The van der Waals surface area contributed by atoms with Crippen molar-refractivity contribution in [2.45, 2.75) is 51.5 Å². The second-order valence-electron chi connectivity index (χ2n) is 7.00. The van der Waals surface area contributed by atoms with Crippen LogP contribution in [0.4, 0.5) is 5.69 Å². The molecule has 1 fully saturated rings. The molecule has 0 amide bonds. The van der Waals surface area contributed by atoms with Crippen molar-refractivity contribution >= 4 is 5.69 Å². The van der Waals surface area contributed by atoms with Gasteiger partial charge in [-0.3, -0.25) is 0 Å². The number of hydrogen-bond acceptors (Lipinski definition) is 3. The molecule has 2 heterocycles. The minimum absolute atomic E-state index is 0.596. The normalized spacial score (nSPS) is 21.0. The van der Waals surface area contributed by atoms with E-state index in [-0.39, 0.29) is 0 Å². The topological polar surface area (TPSA) is 27.3 Å². The third kappa shape index (κ3) is 4.47. The van der Waals surface area contributed by atoms with Crippen molar-refractivity contribution in [1.29, 1.82) is 0 Å². The second kappa shape index (κ2) is 7.98. The molecule has 1 unspecified atom stereocenters. The molecule has 0 aromatic heterocycles. The lowest BCUT2D eigenvalue weighted by atomic mass is 10.0. The summed E-state index contributed by atoms with van der Waals surface area (Å²) in [6.45, 7) is 8.49. The van der Waals surface area contributed by atoms with Crippen molar-refractivity contribution in [2.24, 2.45) is 0 Å². The third-order valence-electron chi connectivity index (χ3n) is 4.96. The summed E-state index contributed by atoms with van der Waals surface area (Å²) in [6.07, 6.45) is 7.79. The molecule has 3 heteroatoms. The van der Waals surface area contributed by atoms with Crippen LogP contribution in [0.1, 0.15) is 43.7 Å². The molecule has 0 spiro atoms. The molecule has 1 saturated heterocycles. The van der Waals surface area contributed by atoms with E-state index in [0.717, 1.165) is 19.5 Å². The fourth-order valence-electron chi connectivity index (χ4n) is 3.71. The van der Waals surface area contributed by atoms with E-state index >= 15 is 0 Å². The zero-order valence-corrected chi connectivity index (χ0v) is 14.0. The first-order chi connectivity index (χ1) is 10.8. The summed E-state index contributed by atoms with van der Waals surface area (Å²) in [5.41, 5.74) is 4.31. The molecular formula is C19H31N3. The standard InChI is InChI=1S/C19H31N3/c1-16-14-18-15-17(6-7-19(18)21-16)8-10-20-9-2-3-11-22-12-4-5-13-22/h6-7,15-16,20-21H,2-5,8-14H2,1H3. The number of unbranched alkanes of at least 4 members (excludes halogenated alkanes) is 1. The SMILES string of the molecule is CC1Cc2cc(CCNCCCCN3CCCC3)ccc2N1. The van der Waals surface area contributed by atoms with E-state index in [2.05, 4.69) is 40.7 Å². The number of nitrogens with one attached hydrogen (secondary N) is 2. The first-order valence-corrected chi connectivity index (χ1v) is 9.13. The van der Waals surface area contributed by atoms with E-state index < -0.39 is 0 Å². The van der Waals surface area contributed by atoms with Crippen LogP contribution in [0.25, 0.3) is 0 Å². The third-order valence-corrected chi connectivity index (χ3v) is 4.96. The van der Waals surface area contributed by atoms with Gasteiger partial charge in [0.05, 0.1) is 0 Å². The lowest BCUT2D eigenvalue weighted by Crippen LogP contribution is -2.23. The molecular weight excluding hydrogens is 270 g/mol. The maximum Gasteiger partial charge on any atom is 0.0375 e. The second-order valence-corrected chi connectivity index (χ2v) is 7.00. The van der Waals surface area contributed by atoms with E-state index in [0.29, 0.717) is 6.04 Å². The molecule has 3 rings (SSSR count). The average molecular weight is 301 g/mol. The number of nitrogens with zero attached hydrogens (tertiary/aromatic N) is 1. The van der Waals surface area contributed by atoms with Gasteiger partial charge in [-0.1, -0.05) is 12.1 Å². The first-order valence-electron chi connectivity index (χ1n) is 9.13. The van der Waals surface area contributed by atoms with Crippen molar-refractivity contribution < 1.29 is 0 Å². The van der Waals surface area contributed by atoms with E-state index in [1.165, 1.54) is 68.6 Å². The molecule has 2 aliphatic heterocycles. The summed E-state index contributed by atoms with van der Waals surface area (Å²) in [5, 5.41) is 7.12. The molecule has 0 aliphatic carbocycles. The Morgan fingerprint density at radius 3 is 2.91 bits per heavy atom. The fraction of sp³-hybridized carbons (Fsp3) is 0.684. The Bertz CT molecular complexity index is 466. The zero-order valence-electron chi connectivity index (χ0n) is 14.0. The molecule has 1 aromatic carbocycles. The minimum atomic E-state index is 0.596. The van der Waals surface area contributed by atoms with E-state index in [1.54, 1.807) is 0 Å². The summed E-state index contributed by atoms with van der Waals surface area (Å²) in [6, 6.07) is 7.52. The molecule has 0 radical (unpaired) electrons. The highest BCUT2D eigenvalue weighted by Gasteiger charge is 2.16. The molecule has 0 saturated carbocycles. The Balaban J connectivity index is 1.26. The van der Waals surface area contributed by atoms with Gasteiger partial charge in [-0.05, 0) is 95.4 Å². The van der Waals surface area contributed by atoms with E-state index in [1.807, 2.05) is 0 Å². The van der Waals surface area contributed by atoms with Gasteiger partial charge in [-0.25, -0.2) is 0 Å². The van der Waals surface area contributed by atoms with Crippen LogP contribution < -0.4 is 10.6 Å². The Labute approximate surface area is 135 Å². The number of likely N-dealkylation sites (tertiary alicyclic amines) is 1. The maximum atomic E-state index is 3.60. The van der Waals surface area contributed by atoms with Crippen LogP contribution in [0.3, 0.4) is 0 Å². The lowest BCUT2D eigenvalue weighted by molar-refractivity contribution is 0.329. The van der Waals surface area contributed by atoms with Gasteiger partial charge in [-0.15, -0.1) is 0 Å². The Kier molecular flexibility index (Phi) is 5.74. The monoisotopic (exact) mass is 301 g/mol. The first kappa shape index (κ1) is 15.8. The van der Waals surface area contributed by atoms with Gasteiger partial charge < -0.3 is 15.5 Å². The van der Waals surface area contributed by atoms with Crippen LogP contribution in [0.15, 0.2) is 18.2 Å². The largest absolute Gasteiger partial charge is 0.382 e. The molecule has 2 N–H and O–H groups in total. The van der Waals surface area contributed by atoms with Gasteiger partial charge in [0.25, 0.3) is 0 Å². The van der Waals surface area contributed by atoms with Gasteiger partial charge >= 0.3 is 0 Å². The van der Waals surface area contributed by atoms with Crippen LogP contribution in [0.2, 0.25) is 0 Å². The van der Waals surface area contributed by atoms with Crippen molar-refractivity contribution in [3.05, 3.63) is 29.3 Å². The summed E-state index contributed by atoms with van der Waals surface area (Å²) in [5.74, 6) is 0. The van der Waals surface area contributed by atoms with Crippen LogP contribution in [0, 0.1) is 0 Å². The van der Waals surface area contributed by atoms with Crippen LogP contribution in [0.5, 0.6) is 0 Å². The fourth-order valence-corrected chi connectivity index (χ4v) is 3.71. The number of anilines is 1. The zero-order chi connectivity index (χ0) is 15.2. The number of fused-ring (bicyclic) bond motifs is 1. The van der Waals surface area contributed by atoms with Crippen molar-refractivity contribution in [3.8, 4) is 0 Å². The van der Waals surface area contributed by atoms with Crippen LogP contribution in [-0.2, 0) is 12.8 Å². The summed E-state index contributed by atoms with van der Waals surface area (Å²) in [4.78, 5) is 2.61. The highest BCUT2D eigenvalue weighted by atomic mass is 15.1. The van der Waals surface area contributed by atoms with Gasteiger partial charge in [0, 0.05) is 11.7 Å². The molecule has 3 nitrogen and oxygen atoms in total. The molecule has 1 aromatic rings. The minimum Gasteiger partial charge on any atom is -0.382 e. The van der Waals surface area contributed by atoms with Gasteiger partial charge in [0.15, 0.2) is 0 Å². The van der Waals surface area contributed by atoms with Crippen LogP contribution in [-0.4, -0.2) is 43.7 Å². The molecule has 1 atom stereocenters. The van der Waals surface area contributed by atoms with Crippen molar-refractivity contribution in [1.82, 2.24) is 10.2 Å². The predicted octanol–water partition coefficient (Wildman–Crippen LogP) is 3.05. The number of rotatable bonds is 8. The highest BCUT2D eigenvalue weighted by molar-refractivity contribution is 5.57. The van der Waals surface area contributed by atoms with Crippen molar-refractivity contribution in [2.75, 3.05) is 38.0 Å². The van der Waals surface area contributed by atoms with Crippen LogP contribution >= 0.6 is 0 Å². The summed E-state index contributed by atoms with van der Waals surface area (Å²) < 4.78 is 0. The lowest BCUT2D eigenvalue weighted by Gasteiger charge is -2.14. The van der Waals surface area contributed by atoms with E-state index in [9.17, 15) is 0 Å². The molecule has 122 valence electrons. The number of benzene rings is 1. The Morgan fingerprint density at radius 1 is 1.18 bits per heavy atom.